The van der Waals surface area contributed by atoms with Crippen LogP contribution in [0, 0.1) is 0 Å². The SMILES string of the molecule is COc1ccc(C(c2ccccc2)(c2ccc(OC)cc2)[C@]2(CO)O[C@@H](n3ccc(=O)[nH]c3=O)C[C@@H]2O)cc1. The van der Waals surface area contributed by atoms with Gasteiger partial charge in [0.15, 0.2) is 0 Å². The lowest BCUT2D eigenvalue weighted by Crippen LogP contribution is -2.61. The number of methoxy groups -OCH3 is 2. The van der Waals surface area contributed by atoms with Crippen LogP contribution in [-0.4, -0.2) is 52.3 Å². The largest absolute Gasteiger partial charge is 0.497 e. The van der Waals surface area contributed by atoms with Crippen molar-refractivity contribution in [2.75, 3.05) is 20.8 Å². The van der Waals surface area contributed by atoms with E-state index in [1.807, 2.05) is 78.9 Å². The van der Waals surface area contributed by atoms with Gasteiger partial charge >= 0.3 is 5.69 Å². The fourth-order valence-corrected chi connectivity index (χ4v) is 5.78. The molecule has 3 aromatic carbocycles. The second kappa shape index (κ2) is 10.5. The molecular weight excluding hydrogens is 500 g/mol. The van der Waals surface area contributed by atoms with Gasteiger partial charge < -0.3 is 24.4 Å². The van der Waals surface area contributed by atoms with E-state index in [0.29, 0.717) is 11.5 Å². The third-order valence-corrected chi connectivity index (χ3v) is 7.59. The van der Waals surface area contributed by atoms with Gasteiger partial charge in [-0.05, 0) is 41.0 Å². The van der Waals surface area contributed by atoms with E-state index in [1.165, 1.54) is 16.8 Å². The number of aromatic amines is 1. The Hall–Kier alpha value is -4.18. The summed E-state index contributed by atoms with van der Waals surface area (Å²) < 4.78 is 18.7. The van der Waals surface area contributed by atoms with Gasteiger partial charge in [-0.1, -0.05) is 54.6 Å². The number of nitrogens with one attached hydrogen (secondary N) is 1. The fourth-order valence-electron chi connectivity index (χ4n) is 5.78. The van der Waals surface area contributed by atoms with Crippen molar-refractivity contribution in [3.05, 3.63) is 129 Å². The zero-order valence-corrected chi connectivity index (χ0v) is 21.6. The molecule has 0 amide bonds. The van der Waals surface area contributed by atoms with Gasteiger partial charge in [-0.15, -0.1) is 0 Å². The molecule has 3 atom stereocenters. The number of benzene rings is 3. The molecule has 9 nitrogen and oxygen atoms in total. The molecule has 5 rings (SSSR count). The second-order valence-corrected chi connectivity index (χ2v) is 9.46. The summed E-state index contributed by atoms with van der Waals surface area (Å²) in [6.45, 7) is -0.588. The lowest BCUT2D eigenvalue weighted by Gasteiger charge is -2.50. The highest BCUT2D eigenvalue weighted by Crippen LogP contribution is 2.56. The number of rotatable bonds is 8. The highest BCUT2D eigenvalue weighted by Gasteiger charge is 2.64. The van der Waals surface area contributed by atoms with Crippen LogP contribution >= 0.6 is 0 Å². The minimum absolute atomic E-state index is 0.00654. The molecule has 2 heterocycles. The summed E-state index contributed by atoms with van der Waals surface area (Å²) in [6.07, 6.45) is -0.864. The van der Waals surface area contributed by atoms with Crippen LogP contribution in [0.15, 0.2) is 101 Å². The van der Waals surface area contributed by atoms with Crippen LogP contribution < -0.4 is 20.7 Å². The van der Waals surface area contributed by atoms with Crippen LogP contribution in [0.5, 0.6) is 11.5 Å². The van der Waals surface area contributed by atoms with E-state index in [4.69, 9.17) is 14.2 Å². The average Bonchev–Trinajstić information content (AvgIpc) is 3.31. The Morgan fingerprint density at radius 1 is 0.897 bits per heavy atom. The van der Waals surface area contributed by atoms with Crippen molar-refractivity contribution in [2.45, 2.75) is 29.8 Å². The summed E-state index contributed by atoms with van der Waals surface area (Å²) >= 11 is 0. The molecule has 0 radical (unpaired) electrons. The molecule has 1 saturated heterocycles. The molecule has 202 valence electrons. The van der Waals surface area contributed by atoms with E-state index in [2.05, 4.69) is 4.98 Å². The van der Waals surface area contributed by atoms with Crippen molar-refractivity contribution in [1.82, 2.24) is 9.55 Å². The van der Waals surface area contributed by atoms with Crippen molar-refractivity contribution in [1.29, 1.82) is 0 Å². The monoisotopic (exact) mass is 530 g/mol. The first kappa shape index (κ1) is 26.4. The highest BCUT2D eigenvalue weighted by atomic mass is 16.6. The van der Waals surface area contributed by atoms with E-state index < -0.39 is 41.2 Å². The van der Waals surface area contributed by atoms with Gasteiger partial charge in [-0.25, -0.2) is 4.79 Å². The lowest BCUT2D eigenvalue weighted by molar-refractivity contribution is -0.154. The van der Waals surface area contributed by atoms with Crippen LogP contribution in [0.4, 0.5) is 0 Å². The number of ether oxygens (including phenoxy) is 3. The topological polar surface area (TPSA) is 123 Å². The minimum Gasteiger partial charge on any atom is -0.497 e. The lowest BCUT2D eigenvalue weighted by atomic mass is 9.58. The molecule has 39 heavy (non-hydrogen) atoms. The molecule has 1 aliphatic heterocycles. The van der Waals surface area contributed by atoms with Crippen LogP contribution in [0.1, 0.15) is 29.3 Å². The third kappa shape index (κ3) is 4.24. The first-order valence-electron chi connectivity index (χ1n) is 12.5. The molecule has 0 saturated carbocycles. The van der Waals surface area contributed by atoms with Crippen LogP contribution in [0.2, 0.25) is 0 Å². The summed E-state index contributed by atoms with van der Waals surface area (Å²) in [5.41, 5.74) is -1.93. The maximum absolute atomic E-state index is 12.7. The van der Waals surface area contributed by atoms with Crippen LogP contribution in [-0.2, 0) is 10.2 Å². The van der Waals surface area contributed by atoms with E-state index in [-0.39, 0.29) is 6.42 Å². The molecule has 4 aromatic rings. The molecule has 1 aromatic heterocycles. The Morgan fingerprint density at radius 3 is 1.92 bits per heavy atom. The second-order valence-electron chi connectivity index (χ2n) is 9.46. The van der Waals surface area contributed by atoms with Gasteiger partial charge in [-0.3, -0.25) is 14.3 Å². The molecule has 9 heteroatoms. The van der Waals surface area contributed by atoms with E-state index >= 15 is 0 Å². The Balaban J connectivity index is 1.82. The zero-order valence-electron chi connectivity index (χ0n) is 21.6. The van der Waals surface area contributed by atoms with Gasteiger partial charge in [0.05, 0.1) is 32.3 Å². The van der Waals surface area contributed by atoms with Gasteiger partial charge in [0.1, 0.15) is 23.3 Å². The predicted molar refractivity (Wildman–Crippen MR) is 144 cm³/mol. The number of aliphatic hydroxyl groups is 2. The number of hydrogen-bond donors (Lipinski definition) is 3. The average molecular weight is 531 g/mol. The standard InChI is InChI=1S/C30H30N2O7/c1-37-23-12-8-21(9-13-23)30(20-6-4-3-5-7-20,22-10-14-24(38-2)15-11-22)29(19-33)25(34)18-27(39-29)32-17-16-26(35)31-28(32)36/h3-17,25,27,33-34H,18-19H2,1-2H3,(H,31,35,36)/t25-,27+,29+/m0/s1. The van der Waals surface area contributed by atoms with Gasteiger partial charge in [-0.2, -0.15) is 0 Å². The molecule has 0 spiro atoms. The van der Waals surface area contributed by atoms with E-state index in [0.717, 1.165) is 16.7 Å². The smallest absolute Gasteiger partial charge is 0.330 e. The summed E-state index contributed by atoms with van der Waals surface area (Å²) in [7, 11) is 3.16. The summed E-state index contributed by atoms with van der Waals surface area (Å²) in [4.78, 5) is 26.6. The molecule has 1 fully saturated rings. The molecule has 3 N–H and O–H groups in total. The van der Waals surface area contributed by atoms with Gasteiger partial charge in [0.2, 0.25) is 0 Å². The number of hydrogen-bond acceptors (Lipinski definition) is 7. The summed E-state index contributed by atoms with van der Waals surface area (Å²) in [6, 6.07) is 25.5. The Kier molecular flexibility index (Phi) is 7.14. The molecule has 0 bridgehead atoms. The number of H-pyrrole nitrogens is 1. The van der Waals surface area contributed by atoms with E-state index in [1.54, 1.807) is 14.2 Å². The number of nitrogens with zero attached hydrogens (tertiary/aromatic N) is 1. The Morgan fingerprint density at radius 2 is 1.44 bits per heavy atom. The number of aliphatic hydroxyl groups excluding tert-OH is 2. The van der Waals surface area contributed by atoms with Crippen LogP contribution in [0.3, 0.4) is 0 Å². The zero-order chi connectivity index (χ0) is 27.6. The number of aromatic nitrogens is 2. The Labute approximate surface area is 224 Å². The van der Waals surface area contributed by atoms with E-state index in [9.17, 15) is 19.8 Å². The minimum atomic E-state index is -1.65. The first-order chi connectivity index (χ1) is 18.9. The summed E-state index contributed by atoms with van der Waals surface area (Å²) in [5, 5.41) is 23.0. The highest BCUT2D eigenvalue weighted by molar-refractivity contribution is 5.56. The quantitative estimate of drug-likeness (QED) is 0.299. The first-order valence-corrected chi connectivity index (χ1v) is 12.5. The van der Waals surface area contributed by atoms with Crippen molar-refractivity contribution >= 4 is 0 Å². The molecular formula is C30H30N2O7. The maximum atomic E-state index is 12.7. The van der Waals surface area contributed by atoms with Crippen molar-refractivity contribution in [3.8, 4) is 11.5 Å². The summed E-state index contributed by atoms with van der Waals surface area (Å²) in [5.74, 6) is 1.28. The molecule has 0 unspecified atom stereocenters. The normalized spacial score (nSPS) is 21.0. The predicted octanol–water partition coefficient (Wildman–Crippen LogP) is 2.60. The van der Waals surface area contributed by atoms with Crippen molar-refractivity contribution in [2.24, 2.45) is 0 Å². The Bertz CT molecular complexity index is 1480. The van der Waals surface area contributed by atoms with Crippen molar-refractivity contribution < 1.29 is 24.4 Å². The maximum Gasteiger partial charge on any atom is 0.330 e. The van der Waals surface area contributed by atoms with Gasteiger partial charge in [0.25, 0.3) is 5.56 Å². The molecule has 1 aliphatic rings. The van der Waals surface area contributed by atoms with Gasteiger partial charge in [0, 0.05) is 18.7 Å². The fraction of sp³-hybridized carbons (Fsp3) is 0.267. The van der Waals surface area contributed by atoms with Crippen LogP contribution in [0.25, 0.3) is 0 Å². The third-order valence-electron chi connectivity index (χ3n) is 7.59. The van der Waals surface area contributed by atoms with Crippen molar-refractivity contribution in [3.63, 3.8) is 0 Å². The molecule has 0 aliphatic carbocycles.